The summed E-state index contributed by atoms with van der Waals surface area (Å²) in [5.41, 5.74) is 1.05. The van der Waals surface area contributed by atoms with Gasteiger partial charge in [-0.05, 0) is 31.2 Å². The van der Waals surface area contributed by atoms with Gasteiger partial charge in [-0.25, -0.2) is 4.98 Å². The van der Waals surface area contributed by atoms with E-state index in [0.29, 0.717) is 6.04 Å². The quantitative estimate of drug-likeness (QED) is 0.751. The minimum Gasteiger partial charge on any atom is -0.385 e. The molecular weight excluding hydrogens is 270 g/mol. The van der Waals surface area contributed by atoms with E-state index in [1.54, 1.807) is 18.4 Å². The van der Waals surface area contributed by atoms with Crippen LogP contribution in [0.5, 0.6) is 0 Å². The van der Waals surface area contributed by atoms with Crippen LogP contribution in [-0.4, -0.2) is 23.3 Å². The van der Waals surface area contributed by atoms with Gasteiger partial charge in [0, 0.05) is 31.3 Å². The van der Waals surface area contributed by atoms with Crippen LogP contribution >= 0.6 is 11.3 Å². The van der Waals surface area contributed by atoms with Gasteiger partial charge in [0.1, 0.15) is 0 Å². The molecule has 0 amide bonds. The first kappa shape index (κ1) is 15.1. The average molecular weight is 293 g/mol. The summed E-state index contributed by atoms with van der Waals surface area (Å²) < 4.78 is 7.30. The number of aromatic nitrogens is 2. The zero-order chi connectivity index (χ0) is 14.4. The molecule has 1 N–H and O–H groups in total. The molecule has 5 heteroatoms. The predicted octanol–water partition coefficient (Wildman–Crippen LogP) is 3.85. The third-order valence-corrected chi connectivity index (χ3v) is 4.23. The SMILES string of the molecule is CCC(Nc1nc(C)cn1CCCOC)c1cccs1. The lowest BCUT2D eigenvalue weighted by Crippen LogP contribution is -2.13. The van der Waals surface area contributed by atoms with E-state index < -0.39 is 0 Å². The molecule has 1 unspecified atom stereocenters. The van der Waals surface area contributed by atoms with Gasteiger partial charge in [0.25, 0.3) is 0 Å². The van der Waals surface area contributed by atoms with Crippen LogP contribution in [0.1, 0.15) is 36.4 Å². The van der Waals surface area contributed by atoms with Gasteiger partial charge in [-0.2, -0.15) is 0 Å². The minimum atomic E-state index is 0.331. The van der Waals surface area contributed by atoms with Crippen molar-refractivity contribution in [2.45, 2.75) is 39.3 Å². The summed E-state index contributed by atoms with van der Waals surface area (Å²) >= 11 is 1.79. The summed E-state index contributed by atoms with van der Waals surface area (Å²) in [5, 5.41) is 5.69. The number of aryl methyl sites for hydroxylation is 2. The Morgan fingerprint density at radius 2 is 2.35 bits per heavy atom. The molecule has 0 aliphatic carbocycles. The molecule has 4 nitrogen and oxygen atoms in total. The van der Waals surface area contributed by atoms with Crippen LogP contribution in [0.4, 0.5) is 5.95 Å². The molecule has 2 aromatic rings. The molecule has 0 aliphatic heterocycles. The fourth-order valence-electron chi connectivity index (χ4n) is 2.23. The fraction of sp³-hybridized carbons (Fsp3) is 0.533. The second-order valence-electron chi connectivity index (χ2n) is 4.87. The summed E-state index contributed by atoms with van der Waals surface area (Å²) in [5.74, 6) is 0.957. The molecule has 0 saturated carbocycles. The van der Waals surface area contributed by atoms with E-state index in [0.717, 1.165) is 37.6 Å². The summed E-state index contributed by atoms with van der Waals surface area (Å²) in [4.78, 5) is 5.96. The van der Waals surface area contributed by atoms with Crippen LogP contribution in [-0.2, 0) is 11.3 Å². The number of anilines is 1. The topological polar surface area (TPSA) is 39.1 Å². The summed E-state index contributed by atoms with van der Waals surface area (Å²) in [6.07, 6.45) is 4.14. The highest BCUT2D eigenvalue weighted by atomic mass is 32.1. The second-order valence-corrected chi connectivity index (χ2v) is 5.85. The molecule has 2 aromatic heterocycles. The Kier molecular flexibility index (Phi) is 5.61. The molecule has 0 radical (unpaired) electrons. The van der Waals surface area contributed by atoms with E-state index in [1.807, 2.05) is 6.92 Å². The van der Waals surface area contributed by atoms with Crippen molar-refractivity contribution in [2.24, 2.45) is 0 Å². The van der Waals surface area contributed by atoms with E-state index in [9.17, 15) is 0 Å². The number of rotatable bonds is 8. The highest BCUT2D eigenvalue weighted by Gasteiger charge is 2.13. The van der Waals surface area contributed by atoms with Gasteiger partial charge in [0.15, 0.2) is 0 Å². The smallest absolute Gasteiger partial charge is 0.203 e. The lowest BCUT2D eigenvalue weighted by Gasteiger charge is -2.17. The molecule has 0 aromatic carbocycles. The second kappa shape index (κ2) is 7.45. The Morgan fingerprint density at radius 1 is 1.50 bits per heavy atom. The monoisotopic (exact) mass is 293 g/mol. The van der Waals surface area contributed by atoms with Crippen molar-refractivity contribution in [1.29, 1.82) is 0 Å². The van der Waals surface area contributed by atoms with Crippen LogP contribution in [0.3, 0.4) is 0 Å². The molecule has 0 spiro atoms. The van der Waals surface area contributed by atoms with E-state index in [-0.39, 0.29) is 0 Å². The summed E-state index contributed by atoms with van der Waals surface area (Å²) in [6, 6.07) is 4.61. The first-order valence-corrected chi connectivity index (χ1v) is 7.95. The van der Waals surface area contributed by atoms with Crippen molar-refractivity contribution in [3.63, 3.8) is 0 Å². The number of nitrogens with one attached hydrogen (secondary N) is 1. The van der Waals surface area contributed by atoms with Crippen molar-refractivity contribution in [2.75, 3.05) is 19.0 Å². The van der Waals surface area contributed by atoms with Crippen LogP contribution < -0.4 is 5.32 Å². The minimum absolute atomic E-state index is 0.331. The standard InChI is InChI=1S/C15H23N3OS/c1-4-13(14-7-5-10-20-14)17-15-16-12(2)11-18(15)8-6-9-19-3/h5,7,10-11,13H,4,6,8-9H2,1-3H3,(H,16,17). The third-order valence-electron chi connectivity index (χ3n) is 3.24. The number of nitrogens with zero attached hydrogens (tertiary/aromatic N) is 2. The molecule has 2 rings (SSSR count). The molecule has 1 atom stereocenters. The highest BCUT2D eigenvalue weighted by Crippen LogP contribution is 2.26. The number of hydrogen-bond donors (Lipinski definition) is 1. The average Bonchev–Trinajstić information content (AvgIpc) is 3.06. The molecule has 20 heavy (non-hydrogen) atoms. The van der Waals surface area contributed by atoms with Crippen molar-refractivity contribution < 1.29 is 4.74 Å². The molecule has 110 valence electrons. The predicted molar refractivity (Wildman–Crippen MR) is 84.4 cm³/mol. The number of thiophene rings is 1. The molecule has 0 fully saturated rings. The van der Waals surface area contributed by atoms with E-state index >= 15 is 0 Å². The van der Waals surface area contributed by atoms with Crippen molar-refractivity contribution in [1.82, 2.24) is 9.55 Å². The van der Waals surface area contributed by atoms with Crippen LogP contribution in [0.25, 0.3) is 0 Å². The molecule has 0 aliphatic rings. The van der Waals surface area contributed by atoms with Crippen LogP contribution in [0, 0.1) is 6.92 Å². The van der Waals surface area contributed by atoms with Gasteiger partial charge in [-0.1, -0.05) is 13.0 Å². The Balaban J connectivity index is 2.07. The van der Waals surface area contributed by atoms with Gasteiger partial charge in [0.2, 0.25) is 5.95 Å². The zero-order valence-corrected chi connectivity index (χ0v) is 13.2. The summed E-state index contributed by atoms with van der Waals surface area (Å²) in [7, 11) is 1.74. The Hall–Kier alpha value is -1.33. The molecular formula is C15H23N3OS. The van der Waals surface area contributed by atoms with E-state index in [1.165, 1.54) is 4.88 Å². The number of ether oxygens (including phenoxy) is 1. The number of imidazole rings is 1. The van der Waals surface area contributed by atoms with Gasteiger partial charge < -0.3 is 14.6 Å². The normalized spacial score (nSPS) is 12.6. The molecule has 0 bridgehead atoms. The number of hydrogen-bond acceptors (Lipinski definition) is 4. The molecule has 0 saturated heterocycles. The maximum Gasteiger partial charge on any atom is 0.203 e. The highest BCUT2D eigenvalue weighted by molar-refractivity contribution is 7.10. The Morgan fingerprint density at radius 3 is 3.00 bits per heavy atom. The maximum atomic E-state index is 5.12. The van der Waals surface area contributed by atoms with E-state index in [4.69, 9.17) is 4.74 Å². The largest absolute Gasteiger partial charge is 0.385 e. The first-order chi connectivity index (χ1) is 9.74. The van der Waals surface area contributed by atoms with Gasteiger partial charge in [0.05, 0.1) is 11.7 Å². The van der Waals surface area contributed by atoms with Gasteiger partial charge in [-0.15, -0.1) is 11.3 Å². The van der Waals surface area contributed by atoms with Crippen LogP contribution in [0.2, 0.25) is 0 Å². The van der Waals surface area contributed by atoms with Crippen molar-refractivity contribution >= 4 is 17.3 Å². The van der Waals surface area contributed by atoms with Gasteiger partial charge >= 0.3 is 0 Å². The first-order valence-electron chi connectivity index (χ1n) is 7.07. The summed E-state index contributed by atoms with van der Waals surface area (Å²) in [6.45, 7) is 5.93. The Bertz CT molecular complexity index is 507. The van der Waals surface area contributed by atoms with Crippen LogP contribution in [0.15, 0.2) is 23.7 Å². The van der Waals surface area contributed by atoms with Gasteiger partial charge in [-0.3, -0.25) is 0 Å². The van der Waals surface area contributed by atoms with Crippen molar-refractivity contribution in [3.05, 3.63) is 34.3 Å². The third kappa shape index (κ3) is 3.84. The number of methoxy groups -OCH3 is 1. The lowest BCUT2D eigenvalue weighted by molar-refractivity contribution is 0.190. The molecule has 2 heterocycles. The Labute approximate surface area is 124 Å². The lowest BCUT2D eigenvalue weighted by atomic mass is 10.2. The maximum absolute atomic E-state index is 5.12. The van der Waals surface area contributed by atoms with Crippen molar-refractivity contribution in [3.8, 4) is 0 Å². The van der Waals surface area contributed by atoms with E-state index in [2.05, 4.69) is 45.5 Å². The zero-order valence-electron chi connectivity index (χ0n) is 12.4. The fourth-order valence-corrected chi connectivity index (χ4v) is 3.09.